The molecule has 1 N–H and O–H groups in total. The summed E-state index contributed by atoms with van der Waals surface area (Å²) >= 11 is 0. The zero-order valence-corrected chi connectivity index (χ0v) is 16.6. The summed E-state index contributed by atoms with van der Waals surface area (Å²) in [5.41, 5.74) is 2.95. The minimum Gasteiger partial charge on any atom is -0.356 e. The molecule has 1 aromatic heterocycles. The smallest absolute Gasteiger partial charge is 0.328 e. The molecule has 0 aliphatic heterocycles. The predicted molar refractivity (Wildman–Crippen MR) is 112 cm³/mol. The lowest BCUT2D eigenvalue weighted by molar-refractivity contribution is -0.121. The topological polar surface area (TPSA) is 59.3 Å². The molecule has 0 bridgehead atoms. The Balaban J connectivity index is 1.41. The molecule has 0 radical (unpaired) electrons. The highest BCUT2D eigenvalue weighted by Crippen LogP contribution is 2.11. The monoisotopic (exact) mass is 380 g/mol. The first-order valence-corrected chi connectivity index (χ1v) is 9.69. The van der Waals surface area contributed by atoms with E-state index >= 15 is 0 Å². The Labute approximate surface area is 165 Å². The van der Waals surface area contributed by atoms with Crippen LogP contribution in [0.1, 0.15) is 18.4 Å². The van der Waals surface area contributed by atoms with Crippen molar-refractivity contribution in [2.75, 3.05) is 20.1 Å². The normalized spacial score (nSPS) is 11.2. The summed E-state index contributed by atoms with van der Waals surface area (Å²) < 4.78 is 3.29. The third-order valence-corrected chi connectivity index (χ3v) is 4.95. The van der Waals surface area contributed by atoms with Crippen molar-refractivity contribution in [3.63, 3.8) is 0 Å². The van der Waals surface area contributed by atoms with Crippen molar-refractivity contribution >= 4 is 16.9 Å². The molecule has 0 aliphatic carbocycles. The zero-order chi connectivity index (χ0) is 19.9. The van der Waals surface area contributed by atoms with Gasteiger partial charge in [-0.05, 0) is 37.7 Å². The molecule has 0 saturated heterocycles. The molecule has 6 nitrogen and oxygen atoms in total. The Hall–Kier alpha value is -2.86. The molecule has 28 heavy (non-hydrogen) atoms. The van der Waals surface area contributed by atoms with E-state index in [2.05, 4.69) is 29.4 Å². The molecule has 0 spiro atoms. The van der Waals surface area contributed by atoms with Crippen LogP contribution in [0.3, 0.4) is 0 Å². The first kappa shape index (κ1) is 19.9. The standard InChI is InChI=1S/C22H28N4O2/c1-24(17-18-9-4-3-5-10-18)15-8-14-23-21(27)13-16-26-20-12-7-6-11-19(20)25(2)22(26)28/h3-7,9-12H,8,13-17H2,1-2H3,(H,23,27). The number of carbonyl (C=O) groups excluding carboxylic acids is 1. The van der Waals surface area contributed by atoms with Crippen LogP contribution in [0, 0.1) is 0 Å². The number of imidazole rings is 1. The lowest BCUT2D eigenvalue weighted by Crippen LogP contribution is -2.30. The van der Waals surface area contributed by atoms with E-state index in [0.29, 0.717) is 19.5 Å². The van der Waals surface area contributed by atoms with Crippen LogP contribution in [-0.4, -0.2) is 40.1 Å². The van der Waals surface area contributed by atoms with Crippen LogP contribution in [0.4, 0.5) is 0 Å². The maximum atomic E-state index is 12.4. The van der Waals surface area contributed by atoms with Gasteiger partial charge in [-0.25, -0.2) is 4.79 Å². The molecule has 0 aliphatic rings. The third kappa shape index (κ3) is 4.89. The highest BCUT2D eigenvalue weighted by Gasteiger charge is 2.11. The second kappa shape index (κ2) is 9.37. The molecule has 0 fully saturated rings. The number of benzene rings is 2. The first-order valence-electron chi connectivity index (χ1n) is 9.69. The zero-order valence-electron chi connectivity index (χ0n) is 16.6. The van der Waals surface area contributed by atoms with Gasteiger partial charge < -0.3 is 10.2 Å². The molecule has 0 unspecified atom stereocenters. The van der Waals surface area contributed by atoms with Gasteiger partial charge >= 0.3 is 5.69 Å². The second-order valence-electron chi connectivity index (χ2n) is 7.16. The maximum Gasteiger partial charge on any atom is 0.328 e. The van der Waals surface area contributed by atoms with E-state index in [9.17, 15) is 9.59 Å². The number of para-hydroxylation sites is 2. The van der Waals surface area contributed by atoms with Crippen LogP contribution in [0.15, 0.2) is 59.4 Å². The van der Waals surface area contributed by atoms with Crippen LogP contribution < -0.4 is 11.0 Å². The van der Waals surface area contributed by atoms with Gasteiger partial charge in [-0.2, -0.15) is 0 Å². The van der Waals surface area contributed by atoms with Crippen molar-refractivity contribution in [2.45, 2.75) is 25.9 Å². The predicted octanol–water partition coefficient (Wildman–Crippen LogP) is 2.37. The molecule has 0 saturated carbocycles. The molecule has 3 aromatic rings. The van der Waals surface area contributed by atoms with Gasteiger partial charge in [0.2, 0.25) is 5.91 Å². The maximum absolute atomic E-state index is 12.4. The van der Waals surface area contributed by atoms with Crippen molar-refractivity contribution in [2.24, 2.45) is 7.05 Å². The minimum atomic E-state index is -0.0865. The third-order valence-electron chi connectivity index (χ3n) is 4.95. The van der Waals surface area contributed by atoms with Crippen molar-refractivity contribution in [1.29, 1.82) is 0 Å². The Kier molecular flexibility index (Phi) is 6.66. The summed E-state index contributed by atoms with van der Waals surface area (Å²) in [4.78, 5) is 26.8. The molecular formula is C22H28N4O2. The van der Waals surface area contributed by atoms with Crippen molar-refractivity contribution in [3.8, 4) is 0 Å². The number of amides is 1. The molecule has 1 heterocycles. The largest absolute Gasteiger partial charge is 0.356 e. The number of carbonyl (C=O) groups is 1. The van der Waals surface area contributed by atoms with Gasteiger partial charge in [-0.1, -0.05) is 42.5 Å². The van der Waals surface area contributed by atoms with E-state index in [1.807, 2.05) is 42.5 Å². The van der Waals surface area contributed by atoms with Gasteiger partial charge in [0.25, 0.3) is 0 Å². The van der Waals surface area contributed by atoms with E-state index < -0.39 is 0 Å². The van der Waals surface area contributed by atoms with Crippen molar-refractivity contribution < 1.29 is 4.79 Å². The summed E-state index contributed by atoms with van der Waals surface area (Å²) in [6.07, 6.45) is 1.19. The van der Waals surface area contributed by atoms with Crippen molar-refractivity contribution in [1.82, 2.24) is 19.4 Å². The highest BCUT2D eigenvalue weighted by atomic mass is 16.2. The minimum absolute atomic E-state index is 0.0226. The van der Waals surface area contributed by atoms with Gasteiger partial charge in [-0.3, -0.25) is 13.9 Å². The number of aryl methyl sites for hydroxylation is 2. The number of aromatic nitrogens is 2. The van der Waals surface area contributed by atoms with E-state index in [4.69, 9.17) is 0 Å². The Morgan fingerprint density at radius 1 is 1.04 bits per heavy atom. The fourth-order valence-electron chi connectivity index (χ4n) is 3.43. The fourth-order valence-corrected chi connectivity index (χ4v) is 3.43. The average molecular weight is 380 g/mol. The fraction of sp³-hybridized carbons (Fsp3) is 0.364. The molecular weight excluding hydrogens is 352 g/mol. The quantitative estimate of drug-likeness (QED) is 0.580. The van der Waals surface area contributed by atoms with E-state index in [1.165, 1.54) is 5.56 Å². The van der Waals surface area contributed by atoms with Crippen LogP contribution in [0.25, 0.3) is 11.0 Å². The van der Waals surface area contributed by atoms with E-state index in [-0.39, 0.29) is 11.6 Å². The van der Waals surface area contributed by atoms with Gasteiger partial charge in [-0.15, -0.1) is 0 Å². The number of fused-ring (bicyclic) bond motifs is 1. The number of nitrogens with one attached hydrogen (secondary N) is 1. The van der Waals surface area contributed by atoms with Gasteiger partial charge in [0.1, 0.15) is 0 Å². The molecule has 6 heteroatoms. The first-order chi connectivity index (χ1) is 13.6. The Morgan fingerprint density at radius 3 is 2.46 bits per heavy atom. The van der Waals surface area contributed by atoms with Crippen LogP contribution in [0.5, 0.6) is 0 Å². The summed E-state index contributed by atoms with van der Waals surface area (Å²) in [6.45, 7) is 2.85. The van der Waals surface area contributed by atoms with Gasteiger partial charge in [0.05, 0.1) is 11.0 Å². The lowest BCUT2D eigenvalue weighted by Gasteiger charge is -2.16. The van der Waals surface area contributed by atoms with Gasteiger partial charge in [0, 0.05) is 33.1 Å². The van der Waals surface area contributed by atoms with Crippen LogP contribution in [0.2, 0.25) is 0 Å². The Morgan fingerprint density at radius 2 is 1.71 bits per heavy atom. The highest BCUT2D eigenvalue weighted by molar-refractivity contribution is 5.77. The molecule has 0 atom stereocenters. The number of nitrogens with zero attached hydrogens (tertiary/aromatic N) is 3. The summed E-state index contributed by atoms with van der Waals surface area (Å²) in [6, 6.07) is 18.0. The summed E-state index contributed by atoms with van der Waals surface area (Å²) in [5.74, 6) is -0.0226. The van der Waals surface area contributed by atoms with Crippen LogP contribution in [-0.2, 0) is 24.9 Å². The molecule has 1 amide bonds. The number of hydrogen-bond donors (Lipinski definition) is 1. The van der Waals surface area contributed by atoms with E-state index in [1.54, 1.807) is 16.2 Å². The van der Waals surface area contributed by atoms with Crippen molar-refractivity contribution in [3.05, 3.63) is 70.6 Å². The second-order valence-corrected chi connectivity index (χ2v) is 7.16. The lowest BCUT2D eigenvalue weighted by atomic mass is 10.2. The Bertz CT molecular complexity index is 975. The van der Waals surface area contributed by atoms with Gasteiger partial charge in [0.15, 0.2) is 0 Å². The average Bonchev–Trinajstić information content (AvgIpc) is 2.95. The molecule has 2 aromatic carbocycles. The number of hydrogen-bond acceptors (Lipinski definition) is 3. The molecule has 148 valence electrons. The SMILES string of the molecule is CN(CCCNC(=O)CCn1c(=O)n(C)c2ccccc21)Cc1ccccc1. The van der Waals surface area contributed by atoms with E-state index in [0.717, 1.165) is 30.5 Å². The molecule has 3 rings (SSSR count). The summed E-state index contributed by atoms with van der Waals surface area (Å²) in [7, 11) is 3.84. The summed E-state index contributed by atoms with van der Waals surface area (Å²) in [5, 5.41) is 2.96. The van der Waals surface area contributed by atoms with Crippen LogP contribution >= 0.6 is 0 Å². The number of rotatable bonds is 9.